The predicted octanol–water partition coefficient (Wildman–Crippen LogP) is 3.07. The highest BCUT2D eigenvalue weighted by Gasteiger charge is 2.17. The van der Waals surface area contributed by atoms with Crippen LogP contribution in [0.25, 0.3) is 22.5 Å². The second-order valence-corrected chi connectivity index (χ2v) is 4.86. The van der Waals surface area contributed by atoms with E-state index in [0.29, 0.717) is 17.0 Å². The van der Waals surface area contributed by atoms with Gasteiger partial charge in [0.05, 0.1) is 17.0 Å². The molecule has 0 spiro atoms. The molecular formula is C17H13N3O3. The first-order chi connectivity index (χ1) is 11.2. The van der Waals surface area contributed by atoms with Gasteiger partial charge >= 0.3 is 5.91 Å². The lowest BCUT2D eigenvalue weighted by Gasteiger charge is -2.03. The Labute approximate surface area is 132 Å². The average molecular weight is 307 g/mol. The predicted molar refractivity (Wildman–Crippen MR) is 85.4 cm³/mol. The van der Waals surface area contributed by atoms with Gasteiger partial charge in [-0.2, -0.15) is 5.10 Å². The number of benzene rings is 2. The van der Waals surface area contributed by atoms with Crippen molar-refractivity contribution in [1.29, 1.82) is 0 Å². The third-order valence-electron chi connectivity index (χ3n) is 3.50. The molecule has 0 atom stereocenters. The van der Waals surface area contributed by atoms with Gasteiger partial charge in [0.25, 0.3) is 0 Å². The Bertz CT molecular complexity index is 857. The molecule has 2 aromatic carbocycles. The second-order valence-electron chi connectivity index (χ2n) is 4.86. The smallest absolute Gasteiger partial charge is 0.317 e. The Morgan fingerprint density at radius 1 is 1.09 bits per heavy atom. The molecule has 0 aliphatic rings. The summed E-state index contributed by atoms with van der Waals surface area (Å²) < 4.78 is 1.43. The van der Waals surface area contributed by atoms with E-state index in [4.69, 9.17) is 0 Å². The zero-order valence-corrected chi connectivity index (χ0v) is 12.1. The van der Waals surface area contributed by atoms with Crippen LogP contribution in [0, 0.1) is 4.91 Å². The number of aliphatic hydroxyl groups excluding tert-OH is 1. The summed E-state index contributed by atoms with van der Waals surface area (Å²) in [5, 5.41) is 16.3. The van der Waals surface area contributed by atoms with Gasteiger partial charge in [0.2, 0.25) is 0 Å². The molecule has 6 heteroatoms. The molecule has 0 saturated heterocycles. The van der Waals surface area contributed by atoms with Crippen LogP contribution < -0.4 is 0 Å². The first-order valence-corrected chi connectivity index (χ1v) is 6.96. The molecule has 0 aliphatic heterocycles. The van der Waals surface area contributed by atoms with Crippen LogP contribution in [0.3, 0.4) is 0 Å². The number of amides is 1. The van der Waals surface area contributed by atoms with Crippen LogP contribution in [-0.2, 0) is 6.73 Å². The molecule has 3 rings (SSSR count). The summed E-state index contributed by atoms with van der Waals surface area (Å²) in [6.45, 7) is -0.299. The Hall–Kier alpha value is -3.12. The monoisotopic (exact) mass is 307 g/mol. The average Bonchev–Trinajstić information content (AvgIpc) is 3.06. The summed E-state index contributed by atoms with van der Waals surface area (Å²) in [7, 11) is 0. The first-order valence-electron chi connectivity index (χ1n) is 6.96. The zero-order chi connectivity index (χ0) is 16.2. The van der Waals surface area contributed by atoms with Crippen molar-refractivity contribution in [3.63, 3.8) is 0 Å². The van der Waals surface area contributed by atoms with Crippen molar-refractivity contribution in [3.05, 3.63) is 71.1 Å². The van der Waals surface area contributed by atoms with Gasteiger partial charge in [0, 0.05) is 10.7 Å². The lowest BCUT2D eigenvalue weighted by molar-refractivity contribution is 0.100. The second kappa shape index (κ2) is 6.33. The molecule has 0 unspecified atom stereocenters. The van der Waals surface area contributed by atoms with Crippen LogP contribution in [0.5, 0.6) is 0 Å². The third-order valence-corrected chi connectivity index (χ3v) is 3.50. The topological polar surface area (TPSA) is 84.5 Å². The maximum atomic E-state index is 11.7. The number of hydrogen-bond donors (Lipinski definition) is 1. The zero-order valence-electron chi connectivity index (χ0n) is 12.1. The van der Waals surface area contributed by atoms with Crippen LogP contribution in [-0.4, -0.2) is 20.8 Å². The lowest BCUT2D eigenvalue weighted by atomic mass is 10.0. The van der Waals surface area contributed by atoms with Gasteiger partial charge in [-0.15, -0.1) is 4.91 Å². The molecule has 114 valence electrons. The fraction of sp³-hybridized carbons (Fsp3) is 0.0588. The minimum Gasteiger partial charge on any atom is -0.374 e. The molecule has 0 saturated carbocycles. The summed E-state index contributed by atoms with van der Waals surface area (Å²) in [5.41, 5.74) is 2.78. The molecule has 6 nitrogen and oxygen atoms in total. The van der Waals surface area contributed by atoms with E-state index in [-0.39, 0.29) is 12.3 Å². The number of rotatable bonds is 4. The highest BCUT2D eigenvalue weighted by Crippen LogP contribution is 2.28. The number of nitrogens with zero attached hydrogens (tertiary/aromatic N) is 3. The standard InChI is InChI=1S/C17H13N3O3/c21-11-20-16(12-6-2-1-3-7-12)10-15(18-20)13-8-4-5-9-14(13)17(22)19-23/h1-10,21H,11H2. The van der Waals surface area contributed by atoms with Gasteiger partial charge in [0.1, 0.15) is 6.73 Å². The maximum Gasteiger partial charge on any atom is 0.317 e. The van der Waals surface area contributed by atoms with E-state index >= 15 is 0 Å². The third kappa shape index (κ3) is 2.79. The highest BCUT2D eigenvalue weighted by atomic mass is 16.3. The molecule has 0 radical (unpaired) electrons. The van der Waals surface area contributed by atoms with E-state index in [0.717, 1.165) is 5.56 Å². The van der Waals surface area contributed by atoms with E-state index in [1.807, 2.05) is 30.3 Å². The molecule has 1 amide bonds. The number of carbonyl (C=O) groups is 1. The van der Waals surface area contributed by atoms with Gasteiger partial charge in [0.15, 0.2) is 0 Å². The van der Waals surface area contributed by atoms with Crippen molar-refractivity contribution in [1.82, 2.24) is 9.78 Å². The van der Waals surface area contributed by atoms with Gasteiger partial charge in [-0.25, -0.2) is 4.68 Å². The van der Waals surface area contributed by atoms with Gasteiger partial charge < -0.3 is 5.11 Å². The van der Waals surface area contributed by atoms with Crippen molar-refractivity contribution >= 4 is 5.91 Å². The highest BCUT2D eigenvalue weighted by molar-refractivity contribution is 6.01. The summed E-state index contributed by atoms with van der Waals surface area (Å²) in [6, 6.07) is 17.9. The van der Waals surface area contributed by atoms with E-state index < -0.39 is 5.91 Å². The number of nitroso groups, excluding NO2 is 1. The van der Waals surface area contributed by atoms with Crippen LogP contribution >= 0.6 is 0 Å². The molecule has 1 aromatic heterocycles. The molecule has 0 fully saturated rings. The molecule has 1 N–H and O–H groups in total. The van der Waals surface area contributed by atoms with Crippen LogP contribution in [0.15, 0.2) is 65.8 Å². The van der Waals surface area contributed by atoms with Crippen molar-refractivity contribution in [2.45, 2.75) is 6.73 Å². The SMILES string of the molecule is O=NC(=O)c1ccccc1-c1cc(-c2ccccc2)n(CO)n1. The van der Waals surface area contributed by atoms with E-state index in [1.54, 1.807) is 24.3 Å². The Morgan fingerprint density at radius 3 is 2.48 bits per heavy atom. The lowest BCUT2D eigenvalue weighted by Crippen LogP contribution is -2.02. The van der Waals surface area contributed by atoms with Crippen molar-refractivity contribution in [3.8, 4) is 22.5 Å². The fourth-order valence-corrected chi connectivity index (χ4v) is 2.44. The quantitative estimate of drug-likeness (QED) is 0.751. The van der Waals surface area contributed by atoms with Gasteiger partial charge in [-0.05, 0) is 17.7 Å². The van der Waals surface area contributed by atoms with Crippen LogP contribution in [0.4, 0.5) is 0 Å². The molecule has 3 aromatic rings. The van der Waals surface area contributed by atoms with E-state index in [2.05, 4.69) is 10.3 Å². The Balaban J connectivity index is 2.15. The largest absolute Gasteiger partial charge is 0.374 e. The maximum absolute atomic E-state index is 11.7. The van der Waals surface area contributed by atoms with Crippen LogP contribution in [0.1, 0.15) is 10.4 Å². The molecule has 0 aliphatic carbocycles. The Morgan fingerprint density at radius 2 is 1.78 bits per heavy atom. The van der Waals surface area contributed by atoms with Gasteiger partial charge in [-0.3, -0.25) is 4.79 Å². The first kappa shape index (κ1) is 14.8. The molecule has 23 heavy (non-hydrogen) atoms. The summed E-state index contributed by atoms with van der Waals surface area (Å²) in [4.78, 5) is 22.2. The van der Waals surface area contributed by atoms with Crippen molar-refractivity contribution < 1.29 is 9.90 Å². The number of aromatic nitrogens is 2. The number of aliphatic hydroxyl groups is 1. The summed E-state index contributed by atoms with van der Waals surface area (Å²) in [5.74, 6) is -0.847. The summed E-state index contributed by atoms with van der Waals surface area (Å²) >= 11 is 0. The van der Waals surface area contributed by atoms with Gasteiger partial charge in [-0.1, -0.05) is 48.5 Å². The number of hydrogen-bond acceptors (Lipinski definition) is 4. The number of carbonyl (C=O) groups excluding carboxylic acids is 1. The fourth-order valence-electron chi connectivity index (χ4n) is 2.44. The summed E-state index contributed by atoms with van der Waals surface area (Å²) in [6.07, 6.45) is 0. The van der Waals surface area contributed by atoms with Crippen LogP contribution in [0.2, 0.25) is 0 Å². The van der Waals surface area contributed by atoms with Crippen molar-refractivity contribution in [2.24, 2.45) is 5.18 Å². The molecule has 0 bridgehead atoms. The van der Waals surface area contributed by atoms with Crippen molar-refractivity contribution in [2.75, 3.05) is 0 Å². The van der Waals surface area contributed by atoms with E-state index in [1.165, 1.54) is 10.7 Å². The minimum atomic E-state index is -0.847. The normalized spacial score (nSPS) is 10.5. The molecular weight excluding hydrogens is 294 g/mol. The Kier molecular flexibility index (Phi) is 4.07. The minimum absolute atomic E-state index is 0.185. The molecule has 1 heterocycles. The van der Waals surface area contributed by atoms with E-state index in [9.17, 15) is 14.8 Å².